The maximum Gasteiger partial charge on any atom is 0.255 e. The van der Waals surface area contributed by atoms with E-state index in [1.165, 1.54) is 6.20 Å². The van der Waals surface area contributed by atoms with Crippen molar-refractivity contribution in [1.82, 2.24) is 14.8 Å². The molecule has 1 atom stereocenters. The van der Waals surface area contributed by atoms with E-state index in [0.717, 1.165) is 6.61 Å². The van der Waals surface area contributed by atoms with Crippen LogP contribution in [-0.4, -0.2) is 65.5 Å². The fraction of sp³-hybridized carbons (Fsp3) is 0.462. The van der Waals surface area contributed by atoms with Gasteiger partial charge in [-0.2, -0.15) is 0 Å². The van der Waals surface area contributed by atoms with E-state index < -0.39 is 0 Å². The highest BCUT2D eigenvalue weighted by Crippen LogP contribution is 2.14. The fourth-order valence-electron chi connectivity index (χ4n) is 2.17. The lowest BCUT2D eigenvalue weighted by Gasteiger charge is -2.34. The van der Waals surface area contributed by atoms with Gasteiger partial charge in [-0.15, -0.1) is 0 Å². The zero-order valence-electron chi connectivity index (χ0n) is 10.5. The fourth-order valence-corrected chi connectivity index (χ4v) is 2.17. The van der Waals surface area contributed by atoms with E-state index >= 15 is 0 Å². The second kappa shape index (κ2) is 4.97. The molecular weight excluding hydrogens is 246 g/mol. The van der Waals surface area contributed by atoms with Crippen molar-refractivity contribution >= 4 is 11.8 Å². The van der Waals surface area contributed by atoms with Crippen LogP contribution in [0.15, 0.2) is 24.5 Å². The smallest absolute Gasteiger partial charge is 0.255 e. The molecule has 1 aromatic rings. The molecular formula is C13H15N3O3. The Labute approximate surface area is 111 Å². The molecule has 6 heteroatoms. The number of ether oxygens (including phenoxy) is 1. The van der Waals surface area contributed by atoms with Crippen LogP contribution in [0.1, 0.15) is 10.4 Å². The summed E-state index contributed by atoms with van der Waals surface area (Å²) in [6.45, 7) is 2.66. The van der Waals surface area contributed by atoms with Crippen LogP contribution >= 0.6 is 0 Å². The summed E-state index contributed by atoms with van der Waals surface area (Å²) in [5.41, 5.74) is 0.522. The first kappa shape index (κ1) is 12.1. The highest BCUT2D eigenvalue weighted by Gasteiger charge is 2.32. The molecule has 2 aliphatic rings. The summed E-state index contributed by atoms with van der Waals surface area (Å²) in [7, 11) is 0. The van der Waals surface area contributed by atoms with Crippen molar-refractivity contribution in [2.75, 3.05) is 32.8 Å². The Hall–Kier alpha value is -1.95. The zero-order chi connectivity index (χ0) is 13.2. The van der Waals surface area contributed by atoms with Crippen LogP contribution in [-0.2, 0) is 9.53 Å². The third-order valence-electron chi connectivity index (χ3n) is 3.34. The van der Waals surface area contributed by atoms with Gasteiger partial charge in [0.05, 0.1) is 18.3 Å². The zero-order valence-corrected chi connectivity index (χ0v) is 10.5. The van der Waals surface area contributed by atoms with Crippen molar-refractivity contribution in [3.63, 3.8) is 0 Å². The molecule has 0 N–H and O–H groups in total. The van der Waals surface area contributed by atoms with Gasteiger partial charge in [-0.3, -0.25) is 14.6 Å². The minimum atomic E-state index is -0.135. The van der Waals surface area contributed by atoms with Gasteiger partial charge < -0.3 is 14.5 Å². The van der Waals surface area contributed by atoms with Crippen LogP contribution in [0, 0.1) is 0 Å². The molecule has 0 spiro atoms. The highest BCUT2D eigenvalue weighted by molar-refractivity contribution is 5.96. The van der Waals surface area contributed by atoms with E-state index in [4.69, 9.17) is 4.74 Å². The van der Waals surface area contributed by atoms with Gasteiger partial charge >= 0.3 is 0 Å². The van der Waals surface area contributed by atoms with Gasteiger partial charge in [-0.25, -0.2) is 0 Å². The van der Waals surface area contributed by atoms with Crippen LogP contribution in [0.3, 0.4) is 0 Å². The van der Waals surface area contributed by atoms with E-state index in [2.05, 4.69) is 4.98 Å². The number of epoxide rings is 1. The predicted octanol–water partition coefficient (Wildman–Crippen LogP) is -0.235. The van der Waals surface area contributed by atoms with Gasteiger partial charge in [0.25, 0.3) is 5.91 Å². The van der Waals surface area contributed by atoms with Gasteiger partial charge in [-0.1, -0.05) is 0 Å². The lowest BCUT2D eigenvalue weighted by Crippen LogP contribution is -2.53. The minimum absolute atomic E-state index is 0.0148. The molecule has 1 aromatic heterocycles. The van der Waals surface area contributed by atoms with Crippen LogP contribution < -0.4 is 0 Å². The second-order valence-electron chi connectivity index (χ2n) is 4.76. The summed E-state index contributed by atoms with van der Waals surface area (Å²) in [6, 6.07) is 3.43. The first-order valence-electron chi connectivity index (χ1n) is 6.33. The molecule has 2 aliphatic heterocycles. The van der Waals surface area contributed by atoms with Crippen molar-refractivity contribution < 1.29 is 14.3 Å². The molecule has 0 aliphatic carbocycles. The van der Waals surface area contributed by atoms with E-state index in [-0.39, 0.29) is 24.5 Å². The first-order chi connectivity index (χ1) is 9.24. The third kappa shape index (κ3) is 2.73. The van der Waals surface area contributed by atoms with Crippen molar-refractivity contribution in [2.24, 2.45) is 0 Å². The van der Waals surface area contributed by atoms with Crippen LogP contribution in [0.2, 0.25) is 0 Å². The first-order valence-corrected chi connectivity index (χ1v) is 6.33. The topological polar surface area (TPSA) is 66.0 Å². The standard InChI is InChI=1S/C13H15N3O3/c17-12-8-16(5-4-15(12)7-11-9-19-11)13(18)10-2-1-3-14-6-10/h1-3,6,11H,4-5,7-9H2/t11-/m1/s1. The summed E-state index contributed by atoms with van der Waals surface area (Å²) in [5, 5.41) is 0. The van der Waals surface area contributed by atoms with Gasteiger partial charge in [0.2, 0.25) is 5.91 Å². The number of carbonyl (C=O) groups excluding carboxylic acids is 2. The SMILES string of the molecule is O=C1CN(C(=O)c2cccnc2)CCN1C[C@@H]1CO1. The lowest BCUT2D eigenvalue weighted by molar-refractivity contribution is -0.135. The summed E-state index contributed by atoms with van der Waals surface area (Å²) < 4.78 is 5.12. The molecule has 0 radical (unpaired) electrons. The molecule has 0 bridgehead atoms. The predicted molar refractivity (Wildman–Crippen MR) is 66.5 cm³/mol. The molecule has 100 valence electrons. The van der Waals surface area contributed by atoms with Gasteiger partial charge in [0, 0.05) is 32.0 Å². The number of nitrogens with zero attached hydrogens (tertiary/aromatic N) is 3. The molecule has 2 amide bonds. The number of aromatic nitrogens is 1. The molecule has 6 nitrogen and oxygen atoms in total. The van der Waals surface area contributed by atoms with Crippen molar-refractivity contribution in [2.45, 2.75) is 6.10 Å². The number of carbonyl (C=O) groups is 2. The number of hydrogen-bond donors (Lipinski definition) is 0. The highest BCUT2D eigenvalue weighted by atomic mass is 16.6. The second-order valence-corrected chi connectivity index (χ2v) is 4.76. The van der Waals surface area contributed by atoms with Gasteiger partial charge in [-0.05, 0) is 12.1 Å². The number of piperazine rings is 1. The van der Waals surface area contributed by atoms with E-state index in [1.54, 1.807) is 28.1 Å². The third-order valence-corrected chi connectivity index (χ3v) is 3.34. The van der Waals surface area contributed by atoms with E-state index in [0.29, 0.717) is 25.2 Å². The average molecular weight is 261 g/mol. The van der Waals surface area contributed by atoms with Crippen LogP contribution in [0.5, 0.6) is 0 Å². The Morgan fingerprint density at radius 2 is 2.32 bits per heavy atom. The minimum Gasteiger partial charge on any atom is -0.371 e. The van der Waals surface area contributed by atoms with Crippen molar-refractivity contribution in [3.8, 4) is 0 Å². The molecule has 2 fully saturated rings. The van der Waals surface area contributed by atoms with E-state index in [1.807, 2.05) is 0 Å². The number of amides is 2. The molecule has 0 unspecified atom stereocenters. The summed E-state index contributed by atoms with van der Waals surface area (Å²) in [4.78, 5) is 31.4. The van der Waals surface area contributed by atoms with Crippen molar-refractivity contribution in [3.05, 3.63) is 30.1 Å². The Kier molecular flexibility index (Phi) is 3.16. The molecule has 3 rings (SSSR count). The lowest BCUT2D eigenvalue weighted by atomic mass is 10.2. The largest absolute Gasteiger partial charge is 0.371 e. The van der Waals surface area contributed by atoms with Crippen LogP contribution in [0.25, 0.3) is 0 Å². The van der Waals surface area contributed by atoms with E-state index in [9.17, 15) is 9.59 Å². The Morgan fingerprint density at radius 3 is 2.95 bits per heavy atom. The van der Waals surface area contributed by atoms with Crippen molar-refractivity contribution in [1.29, 1.82) is 0 Å². The van der Waals surface area contributed by atoms with Crippen LogP contribution in [0.4, 0.5) is 0 Å². The normalized spacial score (nSPS) is 22.5. The average Bonchev–Trinajstić information content (AvgIpc) is 3.25. The number of hydrogen-bond acceptors (Lipinski definition) is 4. The number of pyridine rings is 1. The Morgan fingerprint density at radius 1 is 1.47 bits per heavy atom. The molecule has 2 saturated heterocycles. The quantitative estimate of drug-likeness (QED) is 0.705. The summed E-state index contributed by atoms with van der Waals surface area (Å²) in [6.07, 6.45) is 3.34. The Bertz CT molecular complexity index is 487. The molecule has 19 heavy (non-hydrogen) atoms. The molecule has 0 aromatic carbocycles. The Balaban J connectivity index is 1.61. The summed E-state index contributed by atoms with van der Waals surface area (Å²) >= 11 is 0. The molecule has 0 saturated carbocycles. The van der Waals surface area contributed by atoms with Gasteiger partial charge in [0.1, 0.15) is 6.54 Å². The monoisotopic (exact) mass is 261 g/mol. The molecule has 3 heterocycles. The number of rotatable bonds is 3. The van der Waals surface area contributed by atoms with Gasteiger partial charge in [0.15, 0.2) is 0 Å². The summed E-state index contributed by atoms with van der Waals surface area (Å²) in [5.74, 6) is -0.150. The maximum absolute atomic E-state index is 12.2. The maximum atomic E-state index is 12.2.